The van der Waals surface area contributed by atoms with Gasteiger partial charge in [-0.15, -0.1) is 13.2 Å². The summed E-state index contributed by atoms with van der Waals surface area (Å²) >= 11 is 5.39. The van der Waals surface area contributed by atoms with Gasteiger partial charge in [0, 0.05) is 6.20 Å². The zero-order chi connectivity index (χ0) is 12.3. The normalized spacial score (nSPS) is 11.1. The summed E-state index contributed by atoms with van der Waals surface area (Å²) in [4.78, 5) is 14.5. The van der Waals surface area contributed by atoms with Gasteiger partial charge in [0.2, 0.25) is 0 Å². The topological polar surface area (TPSA) is 48.4 Å². The summed E-state index contributed by atoms with van der Waals surface area (Å²) in [7, 11) is 1.02. The van der Waals surface area contributed by atoms with Gasteiger partial charge in [0.25, 0.3) is 0 Å². The smallest absolute Gasteiger partial charge is 0.465 e. The lowest BCUT2D eigenvalue weighted by Crippen LogP contribution is -2.20. The number of halogens is 4. The zero-order valence-corrected chi connectivity index (χ0v) is 8.59. The molecule has 88 valence electrons. The predicted molar refractivity (Wildman–Crippen MR) is 47.3 cm³/mol. The van der Waals surface area contributed by atoms with Gasteiger partial charge in [0.15, 0.2) is 10.9 Å². The van der Waals surface area contributed by atoms with E-state index in [9.17, 15) is 18.0 Å². The van der Waals surface area contributed by atoms with Gasteiger partial charge in [-0.2, -0.15) is 0 Å². The Morgan fingerprint density at radius 1 is 1.50 bits per heavy atom. The maximum absolute atomic E-state index is 12.0. The second-order valence-corrected chi connectivity index (χ2v) is 2.88. The van der Waals surface area contributed by atoms with Crippen LogP contribution in [-0.2, 0) is 4.74 Å². The van der Waals surface area contributed by atoms with Crippen LogP contribution in [0.15, 0.2) is 12.3 Å². The van der Waals surface area contributed by atoms with Crippen molar-refractivity contribution in [1.29, 1.82) is 0 Å². The first-order valence-corrected chi connectivity index (χ1v) is 4.21. The van der Waals surface area contributed by atoms with Crippen molar-refractivity contribution in [2.24, 2.45) is 0 Å². The number of aromatic nitrogens is 1. The van der Waals surface area contributed by atoms with E-state index in [2.05, 4.69) is 14.5 Å². The summed E-state index contributed by atoms with van der Waals surface area (Å²) in [5.74, 6) is -1.87. The molecule has 1 rings (SSSR count). The maximum atomic E-state index is 12.0. The van der Waals surface area contributed by atoms with Crippen LogP contribution in [0, 0.1) is 0 Å². The predicted octanol–water partition coefficient (Wildman–Crippen LogP) is 2.42. The highest BCUT2D eigenvalue weighted by atomic mass is 35.5. The number of rotatable bonds is 2. The first-order chi connectivity index (χ1) is 7.35. The minimum absolute atomic E-state index is 0.445. The number of alkyl halides is 3. The molecule has 1 aromatic rings. The molecule has 0 radical (unpaired) electrons. The van der Waals surface area contributed by atoms with Gasteiger partial charge in [-0.25, -0.2) is 9.78 Å². The molecule has 0 fully saturated rings. The lowest BCUT2D eigenvalue weighted by Gasteiger charge is -2.12. The van der Waals surface area contributed by atoms with Crippen molar-refractivity contribution in [1.82, 2.24) is 4.98 Å². The Morgan fingerprint density at radius 2 is 2.12 bits per heavy atom. The number of hydrogen-bond acceptors (Lipinski definition) is 4. The summed E-state index contributed by atoms with van der Waals surface area (Å²) in [6, 6.07) is 1.01. The van der Waals surface area contributed by atoms with Crippen LogP contribution < -0.4 is 4.74 Å². The molecule has 0 N–H and O–H groups in total. The Bertz CT molecular complexity index is 408. The first kappa shape index (κ1) is 12.6. The van der Waals surface area contributed by atoms with E-state index in [4.69, 9.17) is 11.6 Å². The molecule has 0 aliphatic carbocycles. The Hall–Kier alpha value is -1.50. The van der Waals surface area contributed by atoms with Crippen LogP contribution in [0.2, 0.25) is 5.15 Å². The minimum Gasteiger partial charge on any atom is -0.465 e. The fraction of sp³-hybridized carbons (Fsp3) is 0.250. The average Bonchev–Trinajstić information content (AvgIpc) is 2.18. The third-order valence-electron chi connectivity index (χ3n) is 1.48. The van der Waals surface area contributed by atoms with Gasteiger partial charge in [-0.05, 0) is 6.07 Å². The van der Waals surface area contributed by atoms with Crippen molar-refractivity contribution in [2.75, 3.05) is 7.11 Å². The van der Waals surface area contributed by atoms with E-state index >= 15 is 0 Å². The van der Waals surface area contributed by atoms with Gasteiger partial charge in [-0.1, -0.05) is 11.6 Å². The molecule has 0 amide bonds. The van der Waals surface area contributed by atoms with E-state index in [1.807, 2.05) is 0 Å². The molecular formula is C8H5ClF3NO3. The van der Waals surface area contributed by atoms with E-state index in [0.29, 0.717) is 0 Å². The van der Waals surface area contributed by atoms with Gasteiger partial charge >= 0.3 is 12.3 Å². The maximum Gasteiger partial charge on any atom is 0.573 e. The Kier molecular flexibility index (Phi) is 3.58. The Labute approximate surface area is 92.9 Å². The van der Waals surface area contributed by atoms with Crippen molar-refractivity contribution in [3.05, 3.63) is 23.0 Å². The molecule has 0 spiro atoms. The Morgan fingerprint density at radius 3 is 2.62 bits per heavy atom. The average molecular weight is 256 g/mol. The van der Waals surface area contributed by atoms with Crippen molar-refractivity contribution in [3.63, 3.8) is 0 Å². The van der Waals surface area contributed by atoms with Crippen molar-refractivity contribution in [3.8, 4) is 5.75 Å². The largest absolute Gasteiger partial charge is 0.573 e. The quantitative estimate of drug-likeness (QED) is 0.601. The van der Waals surface area contributed by atoms with Crippen LogP contribution in [0.3, 0.4) is 0 Å². The van der Waals surface area contributed by atoms with E-state index in [1.54, 1.807) is 0 Å². The van der Waals surface area contributed by atoms with Crippen molar-refractivity contribution < 1.29 is 27.4 Å². The molecule has 0 saturated carbocycles. The number of methoxy groups -OCH3 is 1. The molecule has 0 aliphatic heterocycles. The molecule has 0 unspecified atom stereocenters. The van der Waals surface area contributed by atoms with E-state index in [0.717, 1.165) is 19.4 Å². The number of nitrogens with zero attached hydrogens (tertiary/aromatic N) is 1. The second kappa shape index (κ2) is 4.56. The highest BCUT2D eigenvalue weighted by Gasteiger charge is 2.34. The van der Waals surface area contributed by atoms with E-state index in [-0.39, 0.29) is 0 Å². The zero-order valence-electron chi connectivity index (χ0n) is 7.84. The van der Waals surface area contributed by atoms with E-state index in [1.165, 1.54) is 0 Å². The number of pyridine rings is 1. The summed E-state index contributed by atoms with van der Waals surface area (Å²) in [6.07, 6.45) is -3.90. The fourth-order valence-corrected chi connectivity index (χ4v) is 1.10. The summed E-state index contributed by atoms with van der Waals surface area (Å²) < 4.78 is 43.9. The highest BCUT2D eigenvalue weighted by molar-refractivity contribution is 6.31. The molecule has 0 atom stereocenters. The lowest BCUT2D eigenvalue weighted by atomic mass is 10.2. The number of carbonyl (C=O) groups is 1. The molecule has 1 aromatic heterocycles. The van der Waals surface area contributed by atoms with Crippen LogP contribution in [0.25, 0.3) is 0 Å². The van der Waals surface area contributed by atoms with Crippen LogP contribution in [-0.4, -0.2) is 24.4 Å². The van der Waals surface area contributed by atoms with E-state index < -0.39 is 28.8 Å². The third kappa shape index (κ3) is 2.99. The highest BCUT2D eigenvalue weighted by Crippen LogP contribution is 2.32. The monoisotopic (exact) mass is 255 g/mol. The molecule has 1 heterocycles. The minimum atomic E-state index is -4.96. The van der Waals surface area contributed by atoms with Crippen molar-refractivity contribution >= 4 is 17.6 Å². The van der Waals surface area contributed by atoms with Crippen molar-refractivity contribution in [2.45, 2.75) is 6.36 Å². The summed E-state index contributed by atoms with van der Waals surface area (Å²) in [5.41, 5.74) is -0.445. The van der Waals surface area contributed by atoms with Gasteiger partial charge in [0.1, 0.15) is 5.56 Å². The number of carbonyl (C=O) groups excluding carboxylic acids is 1. The molecule has 0 aliphatic rings. The standard InChI is InChI=1S/C8H5ClF3NO3/c1-15-7(14)4-2-3-13-6(9)5(4)16-8(10,11)12/h2-3H,1H3. The molecule has 4 nitrogen and oxygen atoms in total. The van der Waals surface area contributed by atoms with Gasteiger partial charge in [0.05, 0.1) is 7.11 Å². The molecule has 0 saturated heterocycles. The van der Waals surface area contributed by atoms with Crippen LogP contribution in [0.1, 0.15) is 10.4 Å². The summed E-state index contributed by atoms with van der Waals surface area (Å²) in [5, 5.41) is -0.569. The molecular weight excluding hydrogens is 251 g/mol. The molecule has 16 heavy (non-hydrogen) atoms. The molecule has 0 bridgehead atoms. The Balaban J connectivity index is 3.19. The third-order valence-corrected chi connectivity index (χ3v) is 1.75. The number of ether oxygens (including phenoxy) is 2. The fourth-order valence-electron chi connectivity index (χ4n) is 0.906. The second-order valence-electron chi connectivity index (χ2n) is 2.52. The number of esters is 1. The summed E-state index contributed by atoms with van der Waals surface area (Å²) in [6.45, 7) is 0. The van der Waals surface area contributed by atoms with Crippen LogP contribution in [0.4, 0.5) is 13.2 Å². The van der Waals surface area contributed by atoms with Crippen LogP contribution in [0.5, 0.6) is 5.75 Å². The lowest BCUT2D eigenvalue weighted by molar-refractivity contribution is -0.274. The van der Waals surface area contributed by atoms with Gasteiger partial charge in [-0.3, -0.25) is 0 Å². The molecule has 8 heteroatoms. The molecule has 0 aromatic carbocycles. The van der Waals surface area contributed by atoms with Gasteiger partial charge < -0.3 is 9.47 Å². The number of hydrogen-bond donors (Lipinski definition) is 0. The van der Waals surface area contributed by atoms with Crippen LogP contribution >= 0.6 is 11.6 Å². The first-order valence-electron chi connectivity index (χ1n) is 3.83. The SMILES string of the molecule is COC(=O)c1ccnc(Cl)c1OC(F)(F)F.